The first-order valence-electron chi connectivity index (χ1n) is 8.69. The fourth-order valence-electron chi connectivity index (χ4n) is 2.53. The SMILES string of the molecule is CC(C)(C)c1ccc(S(=O)(=O)Nc2ccc(C(=O)NC3CC3)cc2)cc1. The molecule has 0 atom stereocenters. The van der Waals surface area contributed by atoms with E-state index in [1.807, 2.05) is 12.1 Å². The third-order valence-electron chi connectivity index (χ3n) is 4.34. The fraction of sp³-hybridized carbons (Fsp3) is 0.350. The zero-order chi connectivity index (χ0) is 18.9. The summed E-state index contributed by atoms with van der Waals surface area (Å²) in [5, 5.41) is 2.90. The second-order valence-corrected chi connectivity index (χ2v) is 9.39. The van der Waals surface area contributed by atoms with E-state index >= 15 is 0 Å². The lowest BCUT2D eigenvalue weighted by Crippen LogP contribution is -2.25. The molecule has 0 bridgehead atoms. The Morgan fingerprint density at radius 3 is 2.04 bits per heavy atom. The van der Waals surface area contributed by atoms with Crippen LogP contribution < -0.4 is 10.0 Å². The molecule has 1 fully saturated rings. The average molecular weight is 372 g/mol. The monoisotopic (exact) mass is 372 g/mol. The van der Waals surface area contributed by atoms with Gasteiger partial charge in [0.2, 0.25) is 0 Å². The number of rotatable bonds is 5. The van der Waals surface area contributed by atoms with Crippen LogP contribution >= 0.6 is 0 Å². The van der Waals surface area contributed by atoms with Crippen molar-refractivity contribution in [2.24, 2.45) is 0 Å². The molecule has 2 aromatic rings. The topological polar surface area (TPSA) is 75.3 Å². The van der Waals surface area contributed by atoms with E-state index in [1.165, 1.54) is 0 Å². The third-order valence-corrected chi connectivity index (χ3v) is 5.74. The van der Waals surface area contributed by atoms with Gasteiger partial charge in [0, 0.05) is 17.3 Å². The van der Waals surface area contributed by atoms with Gasteiger partial charge in [0.15, 0.2) is 0 Å². The molecule has 1 aliphatic rings. The van der Waals surface area contributed by atoms with E-state index in [2.05, 4.69) is 30.8 Å². The van der Waals surface area contributed by atoms with Crippen LogP contribution in [0.2, 0.25) is 0 Å². The van der Waals surface area contributed by atoms with E-state index < -0.39 is 10.0 Å². The summed E-state index contributed by atoms with van der Waals surface area (Å²) in [7, 11) is -3.67. The van der Waals surface area contributed by atoms with Crippen molar-refractivity contribution < 1.29 is 13.2 Å². The Morgan fingerprint density at radius 1 is 0.962 bits per heavy atom. The second-order valence-electron chi connectivity index (χ2n) is 7.70. The molecule has 138 valence electrons. The maximum Gasteiger partial charge on any atom is 0.261 e. The molecule has 1 amide bonds. The smallest absolute Gasteiger partial charge is 0.261 e. The minimum absolute atomic E-state index is 0.0351. The van der Waals surface area contributed by atoms with E-state index in [0.717, 1.165) is 18.4 Å². The summed E-state index contributed by atoms with van der Waals surface area (Å²) in [6.07, 6.45) is 2.05. The standard InChI is InChI=1S/C20H24N2O3S/c1-20(2,3)15-6-12-18(13-7-15)26(24,25)22-17-8-4-14(5-9-17)19(23)21-16-10-11-16/h4-9,12-13,16,22H,10-11H2,1-3H3,(H,21,23). The zero-order valence-corrected chi connectivity index (χ0v) is 16.1. The lowest BCUT2D eigenvalue weighted by atomic mass is 9.87. The maximum atomic E-state index is 12.5. The molecule has 0 spiro atoms. The number of benzene rings is 2. The minimum atomic E-state index is -3.67. The first-order valence-corrected chi connectivity index (χ1v) is 10.2. The van der Waals surface area contributed by atoms with Crippen LogP contribution in [0.25, 0.3) is 0 Å². The van der Waals surface area contributed by atoms with Crippen LogP contribution in [0.4, 0.5) is 5.69 Å². The molecule has 2 N–H and O–H groups in total. The molecule has 0 aromatic heterocycles. The Hall–Kier alpha value is -2.34. The highest BCUT2D eigenvalue weighted by molar-refractivity contribution is 7.92. The van der Waals surface area contributed by atoms with Crippen molar-refractivity contribution in [3.8, 4) is 0 Å². The molecule has 5 nitrogen and oxygen atoms in total. The maximum absolute atomic E-state index is 12.5. The molecular weight excluding hydrogens is 348 g/mol. The molecule has 0 saturated heterocycles. The van der Waals surface area contributed by atoms with Gasteiger partial charge in [-0.2, -0.15) is 0 Å². The summed E-state index contributed by atoms with van der Waals surface area (Å²) >= 11 is 0. The summed E-state index contributed by atoms with van der Waals surface area (Å²) in [6, 6.07) is 13.6. The van der Waals surface area contributed by atoms with E-state index in [1.54, 1.807) is 36.4 Å². The Balaban J connectivity index is 1.71. The van der Waals surface area contributed by atoms with Crippen molar-refractivity contribution in [1.82, 2.24) is 5.32 Å². The van der Waals surface area contributed by atoms with E-state index in [9.17, 15) is 13.2 Å². The molecule has 26 heavy (non-hydrogen) atoms. The molecule has 1 aliphatic carbocycles. The Morgan fingerprint density at radius 2 is 1.54 bits per heavy atom. The predicted octanol–water partition coefficient (Wildman–Crippen LogP) is 3.68. The highest BCUT2D eigenvalue weighted by Gasteiger charge is 2.24. The van der Waals surface area contributed by atoms with Crippen molar-refractivity contribution in [3.05, 3.63) is 59.7 Å². The average Bonchev–Trinajstić information content (AvgIpc) is 3.38. The number of hydrogen-bond donors (Lipinski definition) is 2. The van der Waals surface area contributed by atoms with Crippen molar-refractivity contribution in [3.63, 3.8) is 0 Å². The fourth-order valence-corrected chi connectivity index (χ4v) is 3.59. The number of anilines is 1. The van der Waals surface area contributed by atoms with Gasteiger partial charge in [-0.3, -0.25) is 9.52 Å². The van der Waals surface area contributed by atoms with Crippen LogP contribution in [0, 0.1) is 0 Å². The number of carbonyl (C=O) groups excluding carboxylic acids is 1. The van der Waals surface area contributed by atoms with Crippen LogP contribution in [-0.2, 0) is 15.4 Å². The van der Waals surface area contributed by atoms with Crippen LogP contribution in [0.1, 0.15) is 49.5 Å². The van der Waals surface area contributed by atoms with Gasteiger partial charge in [-0.15, -0.1) is 0 Å². The number of hydrogen-bond acceptors (Lipinski definition) is 3. The Labute approximate surface area is 154 Å². The number of nitrogens with one attached hydrogen (secondary N) is 2. The molecular formula is C20H24N2O3S. The molecule has 0 unspecified atom stereocenters. The number of amides is 1. The summed E-state index contributed by atoms with van der Waals surface area (Å²) in [4.78, 5) is 12.2. The van der Waals surface area contributed by atoms with Gasteiger partial charge in [-0.1, -0.05) is 32.9 Å². The van der Waals surface area contributed by atoms with Crippen LogP contribution in [-0.4, -0.2) is 20.4 Å². The van der Waals surface area contributed by atoms with Gasteiger partial charge in [0.25, 0.3) is 15.9 Å². The van der Waals surface area contributed by atoms with Crippen molar-refractivity contribution in [2.45, 2.75) is 50.0 Å². The van der Waals surface area contributed by atoms with Crippen molar-refractivity contribution in [1.29, 1.82) is 0 Å². The van der Waals surface area contributed by atoms with E-state index in [-0.39, 0.29) is 22.3 Å². The van der Waals surface area contributed by atoms with Gasteiger partial charge in [0.05, 0.1) is 4.90 Å². The van der Waals surface area contributed by atoms with Gasteiger partial charge in [-0.25, -0.2) is 8.42 Å². The zero-order valence-electron chi connectivity index (χ0n) is 15.2. The largest absolute Gasteiger partial charge is 0.349 e. The summed E-state index contributed by atoms with van der Waals surface area (Å²) in [6.45, 7) is 6.24. The van der Waals surface area contributed by atoms with Crippen molar-refractivity contribution in [2.75, 3.05) is 4.72 Å². The minimum Gasteiger partial charge on any atom is -0.349 e. The van der Waals surface area contributed by atoms with E-state index in [4.69, 9.17) is 0 Å². The molecule has 3 rings (SSSR count). The van der Waals surface area contributed by atoms with Gasteiger partial charge >= 0.3 is 0 Å². The molecule has 2 aromatic carbocycles. The predicted molar refractivity (Wildman–Crippen MR) is 103 cm³/mol. The highest BCUT2D eigenvalue weighted by Crippen LogP contribution is 2.24. The van der Waals surface area contributed by atoms with Crippen molar-refractivity contribution >= 4 is 21.6 Å². The van der Waals surface area contributed by atoms with Gasteiger partial charge in [-0.05, 0) is 60.2 Å². The molecule has 6 heteroatoms. The number of carbonyl (C=O) groups is 1. The summed E-state index contributed by atoms with van der Waals surface area (Å²) in [5.41, 5.74) is 1.98. The highest BCUT2D eigenvalue weighted by atomic mass is 32.2. The van der Waals surface area contributed by atoms with Crippen LogP contribution in [0.3, 0.4) is 0 Å². The molecule has 0 radical (unpaired) electrons. The van der Waals surface area contributed by atoms with Gasteiger partial charge in [0.1, 0.15) is 0 Å². The molecule has 0 aliphatic heterocycles. The van der Waals surface area contributed by atoms with Gasteiger partial charge < -0.3 is 5.32 Å². The quantitative estimate of drug-likeness (QED) is 0.841. The van der Waals surface area contributed by atoms with Crippen LogP contribution in [0.15, 0.2) is 53.4 Å². The molecule has 0 heterocycles. The Bertz CT molecular complexity index is 892. The van der Waals surface area contributed by atoms with Crippen LogP contribution in [0.5, 0.6) is 0 Å². The second kappa shape index (κ2) is 6.76. The normalized spacial score (nSPS) is 14.7. The lowest BCUT2D eigenvalue weighted by molar-refractivity contribution is 0.0951. The third kappa shape index (κ3) is 4.43. The lowest BCUT2D eigenvalue weighted by Gasteiger charge is -2.19. The number of sulfonamides is 1. The van der Waals surface area contributed by atoms with E-state index in [0.29, 0.717) is 11.3 Å². The molecule has 1 saturated carbocycles. The summed E-state index contributed by atoms with van der Waals surface area (Å²) in [5.74, 6) is -0.125. The Kier molecular flexibility index (Phi) is 4.80. The first kappa shape index (κ1) is 18.5. The first-order chi connectivity index (χ1) is 12.1. The summed E-state index contributed by atoms with van der Waals surface area (Å²) < 4.78 is 27.6.